The number of nitrogens with one attached hydrogen (secondary N) is 1. The van der Waals surface area contributed by atoms with Crippen LogP contribution in [-0.2, 0) is 0 Å². The molecule has 0 bridgehead atoms. The summed E-state index contributed by atoms with van der Waals surface area (Å²) in [5, 5.41) is 3.55. The second-order valence-electron chi connectivity index (χ2n) is 5.34. The normalized spacial score (nSPS) is 14.9. The topological polar surface area (TPSA) is 50.4 Å². The molecule has 0 rings (SSSR count). The fourth-order valence-corrected chi connectivity index (χ4v) is 1.78. The zero-order valence-electron chi connectivity index (χ0n) is 11.2. The van der Waals surface area contributed by atoms with Crippen molar-refractivity contribution in [2.45, 2.75) is 58.5 Å². The molecule has 0 aliphatic carbocycles. The average molecular weight is 225 g/mol. The van der Waals surface area contributed by atoms with Gasteiger partial charge < -0.3 is 11.1 Å². The van der Waals surface area contributed by atoms with Gasteiger partial charge in [0.05, 0.1) is 0 Å². The van der Waals surface area contributed by atoms with Crippen molar-refractivity contribution in [1.82, 2.24) is 5.32 Å². The summed E-state index contributed by atoms with van der Waals surface area (Å²) < 4.78 is 0. The van der Waals surface area contributed by atoms with Gasteiger partial charge in [-0.25, -0.2) is 0 Å². The van der Waals surface area contributed by atoms with Gasteiger partial charge in [0.1, 0.15) is 0 Å². The molecule has 0 saturated heterocycles. The predicted molar refractivity (Wildman–Crippen MR) is 72.9 cm³/mol. The van der Waals surface area contributed by atoms with Crippen molar-refractivity contribution in [3.05, 3.63) is 11.8 Å². The van der Waals surface area contributed by atoms with Gasteiger partial charge in [0, 0.05) is 17.8 Å². The molecular formula is C13H27N3. The second kappa shape index (κ2) is 7.58. The molecule has 0 aliphatic heterocycles. The predicted octanol–water partition coefficient (Wildman–Crippen LogP) is 2.48. The maximum atomic E-state index is 5.55. The summed E-state index contributed by atoms with van der Waals surface area (Å²) in [6.07, 6.45) is 4.91. The Morgan fingerprint density at radius 1 is 1.44 bits per heavy atom. The Kier molecular flexibility index (Phi) is 7.26. The zero-order chi connectivity index (χ0) is 12.6. The van der Waals surface area contributed by atoms with Crippen molar-refractivity contribution < 1.29 is 0 Å². The van der Waals surface area contributed by atoms with Crippen LogP contribution < -0.4 is 11.1 Å². The first kappa shape index (κ1) is 15.3. The van der Waals surface area contributed by atoms with Gasteiger partial charge in [0.15, 0.2) is 0 Å². The lowest BCUT2D eigenvalue weighted by molar-refractivity contribution is 0.359. The van der Waals surface area contributed by atoms with Crippen LogP contribution in [0.15, 0.2) is 16.8 Å². The van der Waals surface area contributed by atoms with Crippen LogP contribution in [0.3, 0.4) is 0 Å². The third kappa shape index (κ3) is 8.62. The number of nitrogens with two attached hydrogens (primary N) is 1. The Balaban J connectivity index is 4.01. The van der Waals surface area contributed by atoms with E-state index in [4.69, 9.17) is 5.73 Å². The lowest BCUT2D eigenvalue weighted by Gasteiger charge is -2.26. The molecule has 16 heavy (non-hydrogen) atoms. The molecule has 0 aromatic heterocycles. The zero-order valence-corrected chi connectivity index (χ0v) is 11.2. The first-order valence-corrected chi connectivity index (χ1v) is 6.00. The molecule has 3 N–H and O–H groups in total. The van der Waals surface area contributed by atoms with Crippen LogP contribution in [0.25, 0.3) is 0 Å². The third-order valence-corrected chi connectivity index (χ3v) is 2.32. The minimum absolute atomic E-state index is 0.174. The SMILES string of the molecule is C=N/C=C(/CCN)CCC(C)NC(C)(C)C. The molecule has 0 amide bonds. The van der Waals surface area contributed by atoms with E-state index in [1.54, 1.807) is 0 Å². The first-order chi connectivity index (χ1) is 7.39. The molecule has 94 valence electrons. The second-order valence-corrected chi connectivity index (χ2v) is 5.34. The number of aliphatic imine (C=N–C) groups is 1. The molecule has 3 heteroatoms. The number of rotatable bonds is 7. The van der Waals surface area contributed by atoms with Gasteiger partial charge in [-0.3, -0.25) is 4.99 Å². The lowest BCUT2D eigenvalue weighted by atomic mass is 10.0. The highest BCUT2D eigenvalue weighted by Gasteiger charge is 2.13. The van der Waals surface area contributed by atoms with E-state index >= 15 is 0 Å². The molecule has 0 aromatic carbocycles. The summed E-state index contributed by atoms with van der Waals surface area (Å²) in [6.45, 7) is 12.9. The summed E-state index contributed by atoms with van der Waals surface area (Å²) in [6, 6.07) is 0.506. The van der Waals surface area contributed by atoms with Crippen LogP contribution in [0.5, 0.6) is 0 Å². The summed E-state index contributed by atoms with van der Waals surface area (Å²) in [5.41, 5.74) is 7.02. The fourth-order valence-electron chi connectivity index (χ4n) is 1.78. The van der Waals surface area contributed by atoms with E-state index in [1.807, 2.05) is 6.20 Å². The van der Waals surface area contributed by atoms with E-state index in [9.17, 15) is 0 Å². The van der Waals surface area contributed by atoms with Crippen molar-refractivity contribution in [3.63, 3.8) is 0 Å². The van der Waals surface area contributed by atoms with Crippen LogP contribution >= 0.6 is 0 Å². The van der Waals surface area contributed by atoms with Crippen LogP contribution in [0.2, 0.25) is 0 Å². The summed E-state index contributed by atoms with van der Waals surface area (Å²) in [4.78, 5) is 3.82. The Hall–Kier alpha value is -0.670. The van der Waals surface area contributed by atoms with Gasteiger partial charge >= 0.3 is 0 Å². The van der Waals surface area contributed by atoms with E-state index in [2.05, 4.69) is 44.7 Å². The Morgan fingerprint density at radius 2 is 2.06 bits per heavy atom. The van der Waals surface area contributed by atoms with Crippen LogP contribution in [0.1, 0.15) is 47.0 Å². The van der Waals surface area contributed by atoms with Crippen LogP contribution in [-0.4, -0.2) is 24.8 Å². The Bertz CT molecular complexity index is 226. The van der Waals surface area contributed by atoms with E-state index in [0.29, 0.717) is 12.6 Å². The molecule has 0 aromatic rings. The number of hydrogen-bond donors (Lipinski definition) is 2. The van der Waals surface area contributed by atoms with Gasteiger partial charge in [-0.2, -0.15) is 0 Å². The van der Waals surface area contributed by atoms with Crippen molar-refractivity contribution in [3.8, 4) is 0 Å². The Labute approximate surface area is 100 Å². The molecule has 0 aliphatic rings. The average Bonchev–Trinajstić information content (AvgIpc) is 2.12. The molecule has 0 fully saturated rings. The molecule has 0 saturated carbocycles. The van der Waals surface area contributed by atoms with Crippen molar-refractivity contribution in [2.75, 3.05) is 6.54 Å². The number of nitrogens with zero attached hydrogens (tertiary/aromatic N) is 1. The standard InChI is InChI=1S/C13H27N3/c1-11(16-13(2,3)4)6-7-12(8-9-14)10-15-5/h10-11,16H,5-9,14H2,1-4H3/b12-10+. The maximum absolute atomic E-state index is 5.55. The highest BCUT2D eigenvalue weighted by atomic mass is 15.0. The lowest BCUT2D eigenvalue weighted by Crippen LogP contribution is -2.42. The fraction of sp³-hybridized carbons (Fsp3) is 0.769. The quantitative estimate of drug-likeness (QED) is 0.654. The molecule has 3 nitrogen and oxygen atoms in total. The van der Waals surface area contributed by atoms with E-state index < -0.39 is 0 Å². The minimum Gasteiger partial charge on any atom is -0.330 e. The largest absolute Gasteiger partial charge is 0.330 e. The number of hydrogen-bond acceptors (Lipinski definition) is 3. The van der Waals surface area contributed by atoms with Gasteiger partial charge in [0.25, 0.3) is 0 Å². The highest BCUT2D eigenvalue weighted by molar-refractivity contribution is 5.26. The van der Waals surface area contributed by atoms with E-state index in [0.717, 1.165) is 19.3 Å². The van der Waals surface area contributed by atoms with Crippen LogP contribution in [0, 0.1) is 0 Å². The Morgan fingerprint density at radius 3 is 2.50 bits per heavy atom. The van der Waals surface area contributed by atoms with Gasteiger partial charge in [-0.1, -0.05) is 5.57 Å². The monoisotopic (exact) mass is 225 g/mol. The molecule has 0 radical (unpaired) electrons. The molecule has 0 spiro atoms. The first-order valence-electron chi connectivity index (χ1n) is 6.00. The van der Waals surface area contributed by atoms with Crippen molar-refractivity contribution in [2.24, 2.45) is 10.7 Å². The molecule has 1 unspecified atom stereocenters. The van der Waals surface area contributed by atoms with Crippen LogP contribution in [0.4, 0.5) is 0 Å². The van der Waals surface area contributed by atoms with Crippen molar-refractivity contribution in [1.29, 1.82) is 0 Å². The smallest absolute Gasteiger partial charge is 0.0253 e. The van der Waals surface area contributed by atoms with Gasteiger partial charge in [0.2, 0.25) is 0 Å². The molecule has 0 heterocycles. The van der Waals surface area contributed by atoms with Gasteiger partial charge in [-0.05, 0) is 60.2 Å². The third-order valence-electron chi connectivity index (χ3n) is 2.32. The van der Waals surface area contributed by atoms with E-state index in [1.165, 1.54) is 5.57 Å². The molecular weight excluding hydrogens is 198 g/mol. The van der Waals surface area contributed by atoms with Gasteiger partial charge in [-0.15, -0.1) is 0 Å². The van der Waals surface area contributed by atoms with E-state index in [-0.39, 0.29) is 5.54 Å². The highest BCUT2D eigenvalue weighted by Crippen LogP contribution is 2.13. The summed E-state index contributed by atoms with van der Waals surface area (Å²) >= 11 is 0. The maximum Gasteiger partial charge on any atom is 0.0253 e. The minimum atomic E-state index is 0.174. The summed E-state index contributed by atoms with van der Waals surface area (Å²) in [7, 11) is 0. The summed E-state index contributed by atoms with van der Waals surface area (Å²) in [5.74, 6) is 0. The molecule has 1 atom stereocenters. The van der Waals surface area contributed by atoms with Crippen molar-refractivity contribution >= 4 is 6.72 Å².